The summed E-state index contributed by atoms with van der Waals surface area (Å²) in [6, 6.07) is 0. The highest BCUT2D eigenvalue weighted by molar-refractivity contribution is 5.80. The summed E-state index contributed by atoms with van der Waals surface area (Å²) in [5, 5.41) is 2.86. The second-order valence-electron chi connectivity index (χ2n) is 6.89. The van der Waals surface area contributed by atoms with Crippen molar-refractivity contribution in [2.24, 2.45) is 5.92 Å². The van der Waals surface area contributed by atoms with Crippen molar-refractivity contribution in [2.75, 3.05) is 45.9 Å². The number of alkyl halides is 2. The molecule has 1 unspecified atom stereocenters. The lowest BCUT2D eigenvalue weighted by molar-refractivity contribution is -0.124. The maximum absolute atomic E-state index is 13.1. The number of hydrogen-bond acceptors (Lipinski definition) is 4. The van der Waals surface area contributed by atoms with Crippen molar-refractivity contribution in [3.8, 4) is 0 Å². The summed E-state index contributed by atoms with van der Waals surface area (Å²) in [6.07, 6.45) is 1.86. The van der Waals surface area contributed by atoms with Crippen LogP contribution in [-0.4, -0.2) is 73.6 Å². The number of rotatable bonds is 7. The molecule has 0 saturated carbocycles. The zero-order valence-electron chi connectivity index (χ0n) is 14.9. The van der Waals surface area contributed by atoms with E-state index in [0.29, 0.717) is 52.3 Å². The molecule has 0 bridgehead atoms. The summed E-state index contributed by atoms with van der Waals surface area (Å²) in [6.45, 7) is 5.11. The van der Waals surface area contributed by atoms with Crippen LogP contribution in [0.2, 0.25) is 0 Å². The zero-order chi connectivity index (χ0) is 18.3. The summed E-state index contributed by atoms with van der Waals surface area (Å²) in [5.41, 5.74) is 0. The van der Waals surface area contributed by atoms with Crippen molar-refractivity contribution in [1.82, 2.24) is 15.1 Å². The van der Waals surface area contributed by atoms with E-state index < -0.39 is 5.92 Å². The number of unbranched alkanes of at least 4 members (excludes halogenated alkanes) is 1. The molecule has 8 heteroatoms. The molecule has 144 valence electrons. The van der Waals surface area contributed by atoms with Crippen LogP contribution in [0.4, 0.5) is 13.6 Å². The highest BCUT2D eigenvalue weighted by Gasteiger charge is 2.34. The number of ether oxygens (including phenoxy) is 1. The Morgan fingerprint density at radius 3 is 2.64 bits per heavy atom. The van der Waals surface area contributed by atoms with E-state index in [-0.39, 0.29) is 30.8 Å². The van der Waals surface area contributed by atoms with E-state index in [1.54, 1.807) is 4.90 Å². The molecule has 1 N–H and O–H groups in total. The van der Waals surface area contributed by atoms with Crippen LogP contribution in [0, 0.1) is 5.92 Å². The number of carbonyl (C=O) groups excluding carboxylic acids is 2. The number of hydrogen-bond donors (Lipinski definition) is 1. The largest absolute Gasteiger partial charge is 0.449 e. The summed E-state index contributed by atoms with van der Waals surface area (Å²) >= 11 is 0. The predicted octanol–water partition coefficient (Wildman–Crippen LogP) is 2.09. The van der Waals surface area contributed by atoms with E-state index in [1.165, 1.54) is 0 Å². The second-order valence-corrected chi connectivity index (χ2v) is 6.89. The third kappa shape index (κ3) is 6.41. The van der Waals surface area contributed by atoms with Gasteiger partial charge < -0.3 is 19.9 Å². The number of carbonyl (C=O) groups is 2. The van der Waals surface area contributed by atoms with Crippen LogP contribution in [0.3, 0.4) is 0 Å². The van der Waals surface area contributed by atoms with Crippen LogP contribution in [0.15, 0.2) is 0 Å². The SMILES string of the molecule is CCCCOC(=O)N1CCC(C(=O)NCCN2CCC(F)(F)CC2)C1. The lowest BCUT2D eigenvalue weighted by Crippen LogP contribution is -2.44. The zero-order valence-corrected chi connectivity index (χ0v) is 14.9. The Balaban J connectivity index is 1.61. The summed E-state index contributed by atoms with van der Waals surface area (Å²) < 4.78 is 31.3. The molecule has 1 atom stereocenters. The highest BCUT2D eigenvalue weighted by Crippen LogP contribution is 2.27. The quantitative estimate of drug-likeness (QED) is 0.706. The van der Waals surface area contributed by atoms with Gasteiger partial charge in [0.2, 0.25) is 5.91 Å². The van der Waals surface area contributed by atoms with Crippen LogP contribution in [-0.2, 0) is 9.53 Å². The average Bonchev–Trinajstić information content (AvgIpc) is 3.06. The predicted molar refractivity (Wildman–Crippen MR) is 89.6 cm³/mol. The molecule has 2 aliphatic heterocycles. The third-order valence-corrected chi connectivity index (χ3v) is 4.86. The molecule has 2 aliphatic rings. The number of halogens is 2. The fourth-order valence-electron chi connectivity index (χ4n) is 3.12. The Morgan fingerprint density at radius 1 is 1.24 bits per heavy atom. The number of nitrogens with zero attached hydrogens (tertiary/aromatic N) is 2. The van der Waals surface area contributed by atoms with Crippen molar-refractivity contribution in [3.63, 3.8) is 0 Å². The standard InChI is InChI=1S/C17H29F2N3O3/c1-2-3-12-25-16(24)22-8-4-14(13-22)15(23)20-7-11-21-9-5-17(18,19)6-10-21/h14H,2-13H2,1H3,(H,20,23). The Hall–Kier alpha value is -1.44. The molecule has 0 aromatic rings. The van der Waals surface area contributed by atoms with E-state index in [4.69, 9.17) is 4.74 Å². The number of piperidine rings is 1. The second kappa shape index (κ2) is 9.31. The third-order valence-electron chi connectivity index (χ3n) is 4.86. The minimum atomic E-state index is -2.54. The van der Waals surface area contributed by atoms with Gasteiger partial charge in [-0.25, -0.2) is 13.6 Å². The van der Waals surface area contributed by atoms with Crippen LogP contribution in [0.25, 0.3) is 0 Å². The van der Waals surface area contributed by atoms with Gasteiger partial charge in [-0.05, 0) is 12.8 Å². The van der Waals surface area contributed by atoms with Gasteiger partial charge >= 0.3 is 6.09 Å². The van der Waals surface area contributed by atoms with E-state index >= 15 is 0 Å². The lowest BCUT2D eigenvalue weighted by Gasteiger charge is -2.31. The van der Waals surface area contributed by atoms with Crippen LogP contribution in [0.1, 0.15) is 39.0 Å². The number of likely N-dealkylation sites (tertiary alicyclic amines) is 2. The fourth-order valence-corrected chi connectivity index (χ4v) is 3.12. The first-order valence-corrected chi connectivity index (χ1v) is 9.21. The normalized spacial score (nSPS) is 23.5. The molecular weight excluding hydrogens is 332 g/mol. The Kier molecular flexibility index (Phi) is 7.40. The first-order chi connectivity index (χ1) is 11.9. The van der Waals surface area contributed by atoms with Crippen LogP contribution in [0.5, 0.6) is 0 Å². The van der Waals surface area contributed by atoms with Gasteiger partial charge in [-0.3, -0.25) is 4.79 Å². The van der Waals surface area contributed by atoms with Gasteiger partial charge in [-0.15, -0.1) is 0 Å². The maximum Gasteiger partial charge on any atom is 0.409 e. The monoisotopic (exact) mass is 361 g/mol. The smallest absolute Gasteiger partial charge is 0.409 e. The van der Waals surface area contributed by atoms with Gasteiger partial charge in [-0.1, -0.05) is 13.3 Å². The topological polar surface area (TPSA) is 61.9 Å². The van der Waals surface area contributed by atoms with E-state index in [1.807, 2.05) is 11.8 Å². The maximum atomic E-state index is 13.1. The first kappa shape index (κ1) is 19.9. The van der Waals surface area contributed by atoms with E-state index in [2.05, 4.69) is 5.32 Å². The Labute approximate surface area is 147 Å². The van der Waals surface area contributed by atoms with Crippen molar-refractivity contribution in [1.29, 1.82) is 0 Å². The number of nitrogens with one attached hydrogen (secondary N) is 1. The fraction of sp³-hybridized carbons (Fsp3) is 0.882. The lowest BCUT2D eigenvalue weighted by atomic mass is 10.1. The van der Waals surface area contributed by atoms with Crippen molar-refractivity contribution >= 4 is 12.0 Å². The molecule has 2 rings (SSSR count). The summed E-state index contributed by atoms with van der Waals surface area (Å²) in [4.78, 5) is 27.6. The van der Waals surface area contributed by atoms with Crippen LogP contribution >= 0.6 is 0 Å². The van der Waals surface area contributed by atoms with E-state index in [9.17, 15) is 18.4 Å². The molecule has 2 heterocycles. The van der Waals surface area contributed by atoms with Crippen molar-refractivity contribution in [3.05, 3.63) is 0 Å². The van der Waals surface area contributed by atoms with Crippen LogP contribution < -0.4 is 5.32 Å². The van der Waals surface area contributed by atoms with Gasteiger partial charge in [0.05, 0.1) is 12.5 Å². The Morgan fingerprint density at radius 2 is 1.96 bits per heavy atom. The van der Waals surface area contributed by atoms with E-state index in [0.717, 1.165) is 12.8 Å². The molecule has 0 spiro atoms. The average molecular weight is 361 g/mol. The minimum Gasteiger partial charge on any atom is -0.449 e. The molecule has 2 saturated heterocycles. The van der Waals surface area contributed by atoms with Gasteiger partial charge in [-0.2, -0.15) is 0 Å². The molecule has 25 heavy (non-hydrogen) atoms. The summed E-state index contributed by atoms with van der Waals surface area (Å²) in [5.74, 6) is -2.84. The molecule has 0 aromatic carbocycles. The first-order valence-electron chi connectivity index (χ1n) is 9.21. The van der Waals surface area contributed by atoms with Gasteiger partial charge in [0.15, 0.2) is 0 Å². The number of amides is 2. The molecule has 6 nitrogen and oxygen atoms in total. The van der Waals surface area contributed by atoms with Crippen molar-refractivity contribution in [2.45, 2.75) is 45.0 Å². The van der Waals surface area contributed by atoms with Crippen molar-refractivity contribution < 1.29 is 23.1 Å². The van der Waals surface area contributed by atoms with Gasteiger partial charge in [0.1, 0.15) is 0 Å². The Bertz CT molecular complexity index is 452. The molecule has 2 fully saturated rings. The highest BCUT2D eigenvalue weighted by atomic mass is 19.3. The molecular formula is C17H29F2N3O3. The molecule has 0 aromatic heterocycles. The molecule has 0 radical (unpaired) electrons. The summed E-state index contributed by atoms with van der Waals surface area (Å²) in [7, 11) is 0. The van der Waals surface area contributed by atoms with Gasteiger partial charge in [0, 0.05) is 52.1 Å². The van der Waals surface area contributed by atoms with Gasteiger partial charge in [0.25, 0.3) is 5.92 Å². The minimum absolute atomic E-state index is 0.0776. The molecule has 2 amide bonds. The molecule has 0 aliphatic carbocycles.